The highest BCUT2D eigenvalue weighted by molar-refractivity contribution is 5.43. The lowest BCUT2D eigenvalue weighted by Gasteiger charge is -2.27. The van der Waals surface area contributed by atoms with Crippen molar-refractivity contribution >= 4 is 0 Å². The number of nitrogens with one attached hydrogen (secondary N) is 1. The van der Waals surface area contributed by atoms with Crippen LogP contribution in [0, 0.1) is 0 Å². The Morgan fingerprint density at radius 2 is 1.62 bits per heavy atom. The van der Waals surface area contributed by atoms with Crippen LogP contribution < -0.4 is 14.8 Å². The first-order valence-corrected chi connectivity index (χ1v) is 7.14. The number of rotatable bonds is 9. The van der Waals surface area contributed by atoms with E-state index >= 15 is 0 Å². The molecule has 120 valence electrons. The topological polar surface area (TPSA) is 49.0 Å². The van der Waals surface area contributed by atoms with E-state index in [-0.39, 0.29) is 18.4 Å². The third kappa shape index (κ3) is 4.59. The van der Waals surface area contributed by atoms with Gasteiger partial charge in [0.2, 0.25) is 0 Å². The second kappa shape index (κ2) is 8.87. The van der Waals surface area contributed by atoms with Gasteiger partial charge in [-0.1, -0.05) is 13.0 Å². The van der Waals surface area contributed by atoms with Gasteiger partial charge in [0.1, 0.15) is 0 Å². The summed E-state index contributed by atoms with van der Waals surface area (Å²) in [7, 11) is 6.56. The minimum absolute atomic E-state index is 0.0676. The molecule has 21 heavy (non-hydrogen) atoms. The molecule has 1 N–H and O–H groups in total. The molecule has 0 heterocycles. The van der Waals surface area contributed by atoms with Gasteiger partial charge in [0.15, 0.2) is 17.8 Å². The Morgan fingerprint density at radius 3 is 2.10 bits per heavy atom. The van der Waals surface area contributed by atoms with Crippen LogP contribution in [0.5, 0.6) is 11.5 Å². The summed E-state index contributed by atoms with van der Waals surface area (Å²) in [6.45, 7) is 4.18. The Morgan fingerprint density at radius 1 is 1.00 bits per heavy atom. The number of benzene rings is 1. The first-order valence-electron chi connectivity index (χ1n) is 7.14. The molecule has 2 atom stereocenters. The molecule has 0 bridgehead atoms. The van der Waals surface area contributed by atoms with Crippen LogP contribution in [-0.2, 0) is 9.47 Å². The van der Waals surface area contributed by atoms with Crippen molar-refractivity contribution in [1.29, 1.82) is 0 Å². The number of ether oxygens (including phenoxy) is 4. The van der Waals surface area contributed by atoms with Crippen LogP contribution in [-0.4, -0.2) is 40.8 Å². The van der Waals surface area contributed by atoms with Crippen LogP contribution in [0.2, 0.25) is 0 Å². The van der Waals surface area contributed by atoms with Crippen molar-refractivity contribution in [2.75, 3.05) is 28.4 Å². The Labute approximate surface area is 127 Å². The van der Waals surface area contributed by atoms with Crippen LogP contribution in [0.1, 0.15) is 31.9 Å². The zero-order valence-corrected chi connectivity index (χ0v) is 13.8. The summed E-state index contributed by atoms with van der Waals surface area (Å²) in [6, 6.07) is 6.23. The first-order chi connectivity index (χ1) is 10.1. The zero-order chi connectivity index (χ0) is 15.8. The fourth-order valence-corrected chi connectivity index (χ4v) is 2.42. The minimum atomic E-state index is -0.279. The fraction of sp³-hybridized carbons (Fsp3) is 0.625. The lowest BCUT2D eigenvalue weighted by Crippen LogP contribution is -2.41. The van der Waals surface area contributed by atoms with Crippen molar-refractivity contribution in [1.82, 2.24) is 5.32 Å². The predicted molar refractivity (Wildman–Crippen MR) is 83.0 cm³/mol. The molecule has 1 rings (SSSR count). The van der Waals surface area contributed by atoms with Gasteiger partial charge in [0.25, 0.3) is 0 Å². The average molecular weight is 297 g/mol. The summed E-state index contributed by atoms with van der Waals surface area (Å²) in [5, 5.41) is 3.53. The average Bonchev–Trinajstić information content (AvgIpc) is 2.53. The fourth-order valence-electron chi connectivity index (χ4n) is 2.42. The summed E-state index contributed by atoms with van der Waals surface area (Å²) < 4.78 is 21.2. The van der Waals surface area contributed by atoms with E-state index < -0.39 is 0 Å². The molecule has 0 aliphatic heterocycles. The van der Waals surface area contributed by atoms with Gasteiger partial charge in [-0.3, -0.25) is 0 Å². The Kier molecular flexibility index (Phi) is 7.50. The second-order valence-corrected chi connectivity index (χ2v) is 4.87. The molecule has 0 spiro atoms. The smallest absolute Gasteiger partial charge is 0.171 e. The van der Waals surface area contributed by atoms with E-state index in [9.17, 15) is 0 Å². The van der Waals surface area contributed by atoms with Gasteiger partial charge in [0, 0.05) is 20.3 Å². The van der Waals surface area contributed by atoms with E-state index in [1.807, 2.05) is 25.1 Å². The maximum atomic E-state index is 5.36. The third-order valence-electron chi connectivity index (χ3n) is 3.56. The summed E-state index contributed by atoms with van der Waals surface area (Å²) in [4.78, 5) is 0. The highest BCUT2D eigenvalue weighted by Gasteiger charge is 2.20. The van der Waals surface area contributed by atoms with Crippen LogP contribution in [0.3, 0.4) is 0 Å². The molecule has 5 heteroatoms. The summed E-state index contributed by atoms with van der Waals surface area (Å²) in [5.41, 5.74) is 1.15. The van der Waals surface area contributed by atoms with Crippen LogP contribution in [0.25, 0.3) is 0 Å². The van der Waals surface area contributed by atoms with Gasteiger partial charge < -0.3 is 24.3 Å². The predicted octanol–water partition coefficient (Wildman–Crippen LogP) is 2.75. The molecular weight excluding hydrogens is 270 g/mol. The molecule has 0 fully saturated rings. The Bertz CT molecular complexity index is 421. The molecule has 0 saturated carbocycles. The van der Waals surface area contributed by atoms with E-state index in [0.717, 1.165) is 23.5 Å². The van der Waals surface area contributed by atoms with Gasteiger partial charge in [-0.05, 0) is 31.0 Å². The zero-order valence-electron chi connectivity index (χ0n) is 13.8. The van der Waals surface area contributed by atoms with E-state index in [1.54, 1.807) is 28.4 Å². The Balaban J connectivity index is 2.89. The van der Waals surface area contributed by atoms with Gasteiger partial charge in [-0.25, -0.2) is 0 Å². The summed E-state index contributed by atoms with van der Waals surface area (Å²) >= 11 is 0. The van der Waals surface area contributed by atoms with Crippen molar-refractivity contribution in [2.24, 2.45) is 0 Å². The van der Waals surface area contributed by atoms with Crippen LogP contribution in [0.4, 0.5) is 0 Å². The Hall–Kier alpha value is -1.30. The quantitative estimate of drug-likeness (QED) is 0.710. The maximum Gasteiger partial charge on any atom is 0.171 e. The van der Waals surface area contributed by atoms with Crippen molar-refractivity contribution in [3.8, 4) is 11.5 Å². The molecule has 5 nitrogen and oxygen atoms in total. The van der Waals surface area contributed by atoms with Crippen molar-refractivity contribution in [3.05, 3.63) is 23.8 Å². The maximum absolute atomic E-state index is 5.36. The monoisotopic (exact) mass is 297 g/mol. The number of hydrogen-bond acceptors (Lipinski definition) is 5. The first kappa shape index (κ1) is 17.8. The molecule has 0 aliphatic rings. The SMILES string of the molecule is CCC(NC(C)C(OC)OC)c1ccc(OC)c(OC)c1. The number of methoxy groups -OCH3 is 4. The summed E-state index contributed by atoms with van der Waals surface area (Å²) in [5.74, 6) is 1.47. The van der Waals surface area contributed by atoms with Gasteiger partial charge in [-0.2, -0.15) is 0 Å². The van der Waals surface area contributed by atoms with Gasteiger partial charge in [0.05, 0.1) is 20.3 Å². The van der Waals surface area contributed by atoms with Crippen molar-refractivity contribution in [2.45, 2.75) is 38.6 Å². The molecule has 0 saturated heterocycles. The van der Waals surface area contributed by atoms with Gasteiger partial charge in [-0.15, -0.1) is 0 Å². The molecule has 0 aliphatic carbocycles. The lowest BCUT2D eigenvalue weighted by molar-refractivity contribution is -0.121. The van der Waals surface area contributed by atoms with E-state index in [2.05, 4.69) is 12.2 Å². The van der Waals surface area contributed by atoms with Crippen LogP contribution in [0.15, 0.2) is 18.2 Å². The van der Waals surface area contributed by atoms with Crippen molar-refractivity contribution in [3.63, 3.8) is 0 Å². The number of hydrogen-bond donors (Lipinski definition) is 1. The largest absolute Gasteiger partial charge is 0.493 e. The highest BCUT2D eigenvalue weighted by atomic mass is 16.7. The van der Waals surface area contributed by atoms with Crippen molar-refractivity contribution < 1.29 is 18.9 Å². The molecule has 2 unspecified atom stereocenters. The molecular formula is C16H27NO4. The molecule has 0 radical (unpaired) electrons. The van der Waals surface area contributed by atoms with Crippen LogP contribution >= 0.6 is 0 Å². The van der Waals surface area contributed by atoms with Gasteiger partial charge >= 0.3 is 0 Å². The van der Waals surface area contributed by atoms with E-state index in [1.165, 1.54) is 0 Å². The lowest BCUT2D eigenvalue weighted by atomic mass is 10.0. The molecule has 1 aromatic carbocycles. The highest BCUT2D eigenvalue weighted by Crippen LogP contribution is 2.31. The third-order valence-corrected chi connectivity index (χ3v) is 3.56. The standard InChI is InChI=1S/C16H27NO4/c1-7-13(17-11(2)16(20-5)21-6)12-8-9-14(18-3)15(10-12)19-4/h8-11,13,16-17H,7H2,1-6H3. The molecule has 0 amide bonds. The summed E-state index contributed by atoms with van der Waals surface area (Å²) in [6.07, 6.45) is 0.666. The molecule has 0 aromatic heterocycles. The normalized spacial score (nSPS) is 14.0. The minimum Gasteiger partial charge on any atom is -0.493 e. The molecule has 1 aromatic rings. The van der Waals surface area contributed by atoms with E-state index in [4.69, 9.17) is 18.9 Å². The second-order valence-electron chi connectivity index (χ2n) is 4.87. The van der Waals surface area contributed by atoms with E-state index in [0.29, 0.717) is 0 Å².